The molecule has 0 bridgehead atoms. The lowest BCUT2D eigenvalue weighted by molar-refractivity contribution is 0.555. The molecule has 2 nitrogen and oxygen atoms in total. The first-order valence-electron chi connectivity index (χ1n) is 8.81. The molecule has 2 aromatic carbocycles. The van der Waals surface area contributed by atoms with E-state index in [1.807, 2.05) is 30.3 Å². The van der Waals surface area contributed by atoms with E-state index in [1.165, 1.54) is 16.0 Å². The lowest BCUT2D eigenvalue weighted by atomic mass is 10.1. The quantitative estimate of drug-likeness (QED) is 0.325. The summed E-state index contributed by atoms with van der Waals surface area (Å²) < 4.78 is 6.06. The molecule has 0 aliphatic heterocycles. The summed E-state index contributed by atoms with van der Waals surface area (Å²) in [5.41, 5.74) is 4.54. The molecular weight excluding hydrogens is 370 g/mol. The van der Waals surface area contributed by atoms with Crippen molar-refractivity contribution in [2.75, 3.05) is 0 Å². The summed E-state index contributed by atoms with van der Waals surface area (Å²) in [6, 6.07) is 18.5. The molecule has 1 aromatic heterocycles. The number of rotatable bonds is 6. The number of aryl methyl sites for hydroxylation is 3. The number of benzene rings is 2. The summed E-state index contributed by atoms with van der Waals surface area (Å²) in [4.78, 5) is 6.08. The van der Waals surface area contributed by atoms with Crippen molar-refractivity contribution in [3.8, 4) is 5.75 Å². The van der Waals surface area contributed by atoms with E-state index in [1.54, 1.807) is 23.1 Å². The zero-order chi connectivity index (χ0) is 19.1. The Morgan fingerprint density at radius 3 is 2.67 bits per heavy atom. The predicted octanol–water partition coefficient (Wildman–Crippen LogP) is 7.23. The molecule has 0 aliphatic carbocycles. The van der Waals surface area contributed by atoms with E-state index in [0.29, 0.717) is 5.90 Å². The van der Waals surface area contributed by atoms with Gasteiger partial charge in [0.15, 0.2) is 0 Å². The van der Waals surface area contributed by atoms with Gasteiger partial charge in [0.1, 0.15) is 5.75 Å². The van der Waals surface area contributed by atoms with Gasteiger partial charge < -0.3 is 4.74 Å². The molecule has 0 spiro atoms. The van der Waals surface area contributed by atoms with Crippen LogP contribution in [0.5, 0.6) is 5.75 Å². The largest absolute Gasteiger partial charge is 0.439 e. The van der Waals surface area contributed by atoms with E-state index in [-0.39, 0.29) is 0 Å². The second-order valence-corrected chi connectivity index (χ2v) is 8.26. The molecule has 4 heteroatoms. The third-order valence-electron chi connectivity index (χ3n) is 4.05. The fraction of sp³-hybridized carbons (Fsp3) is 0.174. The fourth-order valence-corrected chi connectivity index (χ4v) is 3.98. The number of aliphatic imine (C=N–C) groups is 1. The van der Waals surface area contributed by atoms with Crippen molar-refractivity contribution in [1.29, 1.82) is 0 Å². The molecule has 0 N–H and O–H groups in total. The number of hydrogen-bond donors (Lipinski definition) is 0. The van der Waals surface area contributed by atoms with E-state index >= 15 is 0 Å². The van der Waals surface area contributed by atoms with Gasteiger partial charge >= 0.3 is 0 Å². The molecule has 27 heavy (non-hydrogen) atoms. The zero-order valence-corrected chi connectivity index (χ0v) is 17.4. The minimum atomic E-state index is 0.586. The number of thiophene rings is 1. The maximum absolute atomic E-state index is 6.06. The minimum Gasteiger partial charge on any atom is -0.439 e. The molecule has 0 saturated carbocycles. The molecule has 138 valence electrons. The van der Waals surface area contributed by atoms with Crippen molar-refractivity contribution in [1.82, 2.24) is 0 Å². The van der Waals surface area contributed by atoms with Crippen LogP contribution in [0, 0.1) is 20.8 Å². The molecule has 0 saturated heterocycles. The fourth-order valence-electron chi connectivity index (χ4n) is 2.45. The van der Waals surface area contributed by atoms with Gasteiger partial charge in [-0.25, -0.2) is 4.99 Å². The lowest BCUT2D eigenvalue weighted by Gasteiger charge is -2.07. The van der Waals surface area contributed by atoms with Gasteiger partial charge in [0.2, 0.25) is 5.90 Å². The second-order valence-electron chi connectivity index (χ2n) is 6.33. The van der Waals surface area contributed by atoms with Crippen LogP contribution in [0.2, 0.25) is 0 Å². The Labute approximate surface area is 169 Å². The predicted molar refractivity (Wildman–Crippen MR) is 120 cm³/mol. The van der Waals surface area contributed by atoms with Gasteiger partial charge in [0.25, 0.3) is 0 Å². The SMILES string of the molecule is Cc1cccc(OC(C=CSCc2cccs2)=Nc2ccc(C)c(C)c2)c1. The van der Waals surface area contributed by atoms with Crippen LogP contribution < -0.4 is 4.74 Å². The summed E-state index contributed by atoms with van der Waals surface area (Å²) in [5.74, 6) is 2.34. The van der Waals surface area contributed by atoms with Crippen LogP contribution in [-0.4, -0.2) is 5.90 Å². The summed E-state index contributed by atoms with van der Waals surface area (Å²) in [6.07, 6.45) is 1.94. The average Bonchev–Trinajstić information content (AvgIpc) is 3.15. The molecule has 0 radical (unpaired) electrons. The maximum atomic E-state index is 6.06. The Hall–Kier alpha value is -2.30. The Balaban J connectivity index is 1.78. The van der Waals surface area contributed by atoms with Crippen LogP contribution >= 0.6 is 23.1 Å². The molecule has 0 fully saturated rings. The molecule has 3 aromatic rings. The van der Waals surface area contributed by atoms with Gasteiger partial charge in [-0.05, 0) is 78.6 Å². The Morgan fingerprint density at radius 2 is 1.93 bits per heavy atom. The van der Waals surface area contributed by atoms with Gasteiger partial charge in [0, 0.05) is 16.7 Å². The standard InChI is InChI=1S/C23H23NOS2/c1-17-6-4-7-21(14-17)25-23(11-13-26-16-22-8-5-12-27-22)24-20-10-9-18(2)19(3)15-20/h4-15H,16H2,1-3H3. The molecule has 0 atom stereocenters. The smallest absolute Gasteiger partial charge is 0.220 e. The Bertz CT molecular complexity index is 943. The van der Waals surface area contributed by atoms with Crippen molar-refractivity contribution >= 4 is 34.7 Å². The lowest BCUT2D eigenvalue weighted by Crippen LogP contribution is -2.04. The summed E-state index contributed by atoms with van der Waals surface area (Å²) in [7, 11) is 0. The van der Waals surface area contributed by atoms with E-state index in [4.69, 9.17) is 9.73 Å². The van der Waals surface area contributed by atoms with Crippen molar-refractivity contribution in [3.05, 3.63) is 93.0 Å². The number of thioether (sulfide) groups is 1. The number of hydrogen-bond acceptors (Lipinski definition) is 4. The summed E-state index contributed by atoms with van der Waals surface area (Å²) in [5, 5.41) is 4.16. The highest BCUT2D eigenvalue weighted by Crippen LogP contribution is 2.21. The van der Waals surface area contributed by atoms with E-state index < -0.39 is 0 Å². The third kappa shape index (κ3) is 6.12. The van der Waals surface area contributed by atoms with E-state index in [0.717, 1.165) is 22.8 Å². The monoisotopic (exact) mass is 393 g/mol. The number of nitrogens with zero attached hydrogens (tertiary/aromatic N) is 1. The van der Waals surface area contributed by atoms with E-state index in [9.17, 15) is 0 Å². The highest BCUT2D eigenvalue weighted by Gasteiger charge is 2.02. The molecule has 0 unspecified atom stereocenters. The average molecular weight is 394 g/mol. The first-order valence-corrected chi connectivity index (χ1v) is 10.7. The van der Waals surface area contributed by atoms with Crippen LogP contribution in [0.15, 0.2) is 76.5 Å². The highest BCUT2D eigenvalue weighted by molar-refractivity contribution is 8.01. The normalized spacial score (nSPS) is 11.9. The zero-order valence-electron chi connectivity index (χ0n) is 15.8. The maximum Gasteiger partial charge on any atom is 0.220 e. The Morgan fingerprint density at radius 1 is 1.04 bits per heavy atom. The van der Waals surface area contributed by atoms with Crippen LogP contribution in [0.4, 0.5) is 5.69 Å². The molecule has 0 aliphatic rings. The van der Waals surface area contributed by atoms with Crippen LogP contribution in [0.1, 0.15) is 21.6 Å². The second kappa shape index (κ2) is 9.58. The van der Waals surface area contributed by atoms with Gasteiger partial charge in [-0.2, -0.15) is 0 Å². The summed E-state index contributed by atoms with van der Waals surface area (Å²) >= 11 is 3.51. The van der Waals surface area contributed by atoms with Gasteiger partial charge in [-0.15, -0.1) is 23.1 Å². The molecule has 3 rings (SSSR count). The third-order valence-corrected chi connectivity index (χ3v) is 5.92. The van der Waals surface area contributed by atoms with Gasteiger partial charge in [-0.1, -0.05) is 24.3 Å². The highest BCUT2D eigenvalue weighted by atomic mass is 32.2. The first kappa shape index (κ1) is 19.5. The molecule has 1 heterocycles. The molecular formula is C23H23NOS2. The minimum absolute atomic E-state index is 0.586. The topological polar surface area (TPSA) is 21.6 Å². The van der Waals surface area contributed by atoms with Crippen LogP contribution in [0.3, 0.4) is 0 Å². The first-order chi connectivity index (χ1) is 13.1. The van der Waals surface area contributed by atoms with Crippen molar-refractivity contribution < 1.29 is 4.74 Å². The van der Waals surface area contributed by atoms with Gasteiger partial charge in [0.05, 0.1) is 5.69 Å². The van der Waals surface area contributed by atoms with Crippen molar-refractivity contribution in [2.24, 2.45) is 4.99 Å². The number of ether oxygens (including phenoxy) is 1. The van der Waals surface area contributed by atoms with E-state index in [2.05, 4.69) is 61.9 Å². The summed E-state index contributed by atoms with van der Waals surface area (Å²) in [6.45, 7) is 6.26. The van der Waals surface area contributed by atoms with Crippen LogP contribution in [0.25, 0.3) is 0 Å². The van der Waals surface area contributed by atoms with Gasteiger partial charge in [-0.3, -0.25) is 0 Å². The Kier molecular flexibility index (Phi) is 6.91. The van der Waals surface area contributed by atoms with Crippen molar-refractivity contribution in [2.45, 2.75) is 26.5 Å². The van der Waals surface area contributed by atoms with Crippen molar-refractivity contribution in [3.63, 3.8) is 0 Å². The molecule has 0 amide bonds. The van der Waals surface area contributed by atoms with Crippen LogP contribution in [-0.2, 0) is 5.75 Å².